The Morgan fingerprint density at radius 1 is 1.33 bits per heavy atom. The van der Waals surface area contributed by atoms with E-state index in [-0.39, 0.29) is 24.6 Å². The van der Waals surface area contributed by atoms with E-state index in [1.54, 1.807) is 6.07 Å². The van der Waals surface area contributed by atoms with Gasteiger partial charge in [0.05, 0.1) is 12.0 Å². The minimum atomic E-state index is -0.158. The Hall–Kier alpha value is -1.64. The van der Waals surface area contributed by atoms with Crippen LogP contribution in [-0.2, 0) is 11.2 Å². The zero-order valence-electron chi connectivity index (χ0n) is 8.58. The van der Waals surface area contributed by atoms with E-state index in [9.17, 15) is 9.59 Å². The molecule has 0 spiro atoms. The van der Waals surface area contributed by atoms with Crippen molar-refractivity contribution in [2.24, 2.45) is 0 Å². The molecule has 0 bridgehead atoms. The molecule has 0 atom stereocenters. The number of rotatable bonds is 1. The molecular formula is C12H12O3. The van der Waals surface area contributed by atoms with Crippen LogP contribution in [0.2, 0.25) is 0 Å². The summed E-state index contributed by atoms with van der Waals surface area (Å²) in [4.78, 5) is 22.9. The number of carbonyl (C=O) groups excluding carboxylic acids is 2. The number of aryl methyl sites for hydroxylation is 1. The van der Waals surface area contributed by atoms with Crippen molar-refractivity contribution < 1.29 is 14.3 Å². The Bertz CT molecular complexity index is 421. The summed E-state index contributed by atoms with van der Waals surface area (Å²) < 4.78 is 5.26. The molecule has 15 heavy (non-hydrogen) atoms. The second-order valence-electron chi connectivity index (χ2n) is 3.61. The van der Waals surface area contributed by atoms with E-state index in [1.807, 2.05) is 19.1 Å². The molecule has 0 N–H and O–H groups in total. The lowest BCUT2D eigenvalue weighted by molar-refractivity contribution is -0.119. The molecule has 0 aromatic heterocycles. The Labute approximate surface area is 88.1 Å². The topological polar surface area (TPSA) is 43.4 Å². The van der Waals surface area contributed by atoms with E-state index < -0.39 is 0 Å². The molecule has 3 nitrogen and oxygen atoms in total. The summed E-state index contributed by atoms with van der Waals surface area (Å²) in [6, 6.07) is 5.50. The van der Waals surface area contributed by atoms with Gasteiger partial charge in [0.1, 0.15) is 12.4 Å². The average Bonchev–Trinajstić information content (AvgIpc) is 2.38. The van der Waals surface area contributed by atoms with Gasteiger partial charge in [0.15, 0.2) is 11.6 Å². The first-order chi connectivity index (χ1) is 7.20. The Morgan fingerprint density at radius 2 is 2.13 bits per heavy atom. The molecule has 0 aliphatic carbocycles. The highest BCUT2D eigenvalue weighted by molar-refractivity contribution is 6.10. The van der Waals surface area contributed by atoms with Gasteiger partial charge < -0.3 is 4.74 Å². The molecule has 0 saturated heterocycles. The maximum Gasteiger partial charge on any atom is 0.177 e. The van der Waals surface area contributed by atoms with Crippen molar-refractivity contribution in [2.75, 3.05) is 6.61 Å². The first-order valence-electron chi connectivity index (χ1n) is 5.01. The van der Waals surface area contributed by atoms with Gasteiger partial charge in [0.2, 0.25) is 0 Å². The average molecular weight is 204 g/mol. The molecule has 78 valence electrons. The number of ether oxygens (including phenoxy) is 1. The third-order valence-electron chi connectivity index (χ3n) is 2.50. The number of hydrogen-bond donors (Lipinski definition) is 0. The lowest BCUT2D eigenvalue weighted by Gasteiger charge is -2.06. The van der Waals surface area contributed by atoms with Crippen LogP contribution >= 0.6 is 0 Å². The first-order valence-corrected chi connectivity index (χ1v) is 5.01. The minimum Gasteiger partial charge on any atom is -0.485 e. The smallest absolute Gasteiger partial charge is 0.177 e. The van der Waals surface area contributed by atoms with Crippen molar-refractivity contribution in [3.05, 3.63) is 29.3 Å². The van der Waals surface area contributed by atoms with Crippen LogP contribution in [0.1, 0.15) is 29.3 Å². The van der Waals surface area contributed by atoms with Crippen LogP contribution in [0.3, 0.4) is 0 Å². The summed E-state index contributed by atoms with van der Waals surface area (Å²) in [5.74, 6) is 0.236. The molecule has 0 amide bonds. The number of fused-ring (bicyclic) bond motifs is 1. The van der Waals surface area contributed by atoms with E-state index in [0.29, 0.717) is 11.3 Å². The van der Waals surface area contributed by atoms with Gasteiger partial charge in [-0.1, -0.05) is 13.0 Å². The van der Waals surface area contributed by atoms with Crippen LogP contribution in [0.4, 0.5) is 0 Å². The maximum atomic E-state index is 11.7. The summed E-state index contributed by atoms with van der Waals surface area (Å²) in [5, 5.41) is 0. The lowest BCUT2D eigenvalue weighted by atomic mass is 10.0. The molecule has 2 rings (SSSR count). The van der Waals surface area contributed by atoms with Crippen LogP contribution < -0.4 is 4.74 Å². The van der Waals surface area contributed by atoms with Crippen molar-refractivity contribution in [2.45, 2.75) is 19.8 Å². The predicted octanol–water partition coefficient (Wildman–Crippen LogP) is 1.78. The zero-order chi connectivity index (χ0) is 10.8. The van der Waals surface area contributed by atoms with E-state index in [1.165, 1.54) is 0 Å². The number of ketones is 2. The van der Waals surface area contributed by atoms with Gasteiger partial charge in [0, 0.05) is 0 Å². The highest BCUT2D eigenvalue weighted by atomic mass is 16.5. The molecule has 0 unspecified atom stereocenters. The fourth-order valence-electron chi connectivity index (χ4n) is 1.62. The van der Waals surface area contributed by atoms with Gasteiger partial charge in [-0.3, -0.25) is 9.59 Å². The van der Waals surface area contributed by atoms with Crippen molar-refractivity contribution in [3.63, 3.8) is 0 Å². The molecule has 1 heterocycles. The van der Waals surface area contributed by atoms with Gasteiger partial charge in [-0.25, -0.2) is 0 Å². The monoisotopic (exact) mass is 204 g/mol. The highest BCUT2D eigenvalue weighted by Gasteiger charge is 2.21. The lowest BCUT2D eigenvalue weighted by Crippen LogP contribution is -2.10. The second-order valence-corrected chi connectivity index (χ2v) is 3.61. The zero-order valence-corrected chi connectivity index (χ0v) is 8.58. The first kappa shape index (κ1) is 9.90. The normalized spacial score (nSPS) is 15.5. The Morgan fingerprint density at radius 3 is 2.87 bits per heavy atom. The van der Waals surface area contributed by atoms with Crippen LogP contribution in [-0.4, -0.2) is 18.2 Å². The molecule has 1 aromatic carbocycles. The number of benzene rings is 1. The fourth-order valence-corrected chi connectivity index (χ4v) is 1.62. The SMILES string of the molecule is CCc1ccc2c(c1)C(=O)CC(=O)CO2. The summed E-state index contributed by atoms with van der Waals surface area (Å²) >= 11 is 0. The van der Waals surface area contributed by atoms with E-state index >= 15 is 0 Å². The summed E-state index contributed by atoms with van der Waals surface area (Å²) in [6.07, 6.45) is 0.828. The van der Waals surface area contributed by atoms with Gasteiger partial charge in [0.25, 0.3) is 0 Å². The van der Waals surface area contributed by atoms with Gasteiger partial charge in [-0.05, 0) is 24.1 Å². The molecular weight excluding hydrogens is 192 g/mol. The van der Waals surface area contributed by atoms with Crippen LogP contribution in [0.5, 0.6) is 5.75 Å². The number of hydrogen-bond acceptors (Lipinski definition) is 3. The number of carbonyl (C=O) groups is 2. The van der Waals surface area contributed by atoms with Gasteiger partial charge in [-0.2, -0.15) is 0 Å². The number of Topliss-reactive ketones (excluding diaryl/α,β-unsaturated/α-hetero) is 2. The van der Waals surface area contributed by atoms with Crippen molar-refractivity contribution in [1.82, 2.24) is 0 Å². The van der Waals surface area contributed by atoms with E-state index in [2.05, 4.69) is 0 Å². The maximum absolute atomic E-state index is 11.7. The minimum absolute atomic E-state index is 0.00418. The third kappa shape index (κ3) is 1.91. The van der Waals surface area contributed by atoms with Gasteiger partial charge in [-0.15, -0.1) is 0 Å². The largest absolute Gasteiger partial charge is 0.485 e. The van der Waals surface area contributed by atoms with Crippen LogP contribution in [0.25, 0.3) is 0 Å². The summed E-state index contributed by atoms with van der Waals surface area (Å²) in [6.45, 7) is 2.03. The molecule has 1 aromatic rings. The molecule has 1 aliphatic rings. The summed E-state index contributed by atoms with van der Waals surface area (Å²) in [5.41, 5.74) is 1.63. The molecule has 1 aliphatic heterocycles. The van der Waals surface area contributed by atoms with E-state index in [0.717, 1.165) is 12.0 Å². The molecule has 3 heteroatoms. The summed E-state index contributed by atoms with van der Waals surface area (Å²) in [7, 11) is 0. The molecule has 0 radical (unpaired) electrons. The van der Waals surface area contributed by atoms with Crippen molar-refractivity contribution in [3.8, 4) is 5.75 Å². The Kier molecular flexibility index (Phi) is 2.54. The highest BCUT2D eigenvalue weighted by Crippen LogP contribution is 2.24. The molecule has 0 saturated carbocycles. The van der Waals surface area contributed by atoms with E-state index in [4.69, 9.17) is 4.74 Å². The fraction of sp³-hybridized carbons (Fsp3) is 0.333. The van der Waals surface area contributed by atoms with Crippen LogP contribution in [0, 0.1) is 0 Å². The quantitative estimate of drug-likeness (QED) is 0.655. The molecule has 0 fully saturated rings. The van der Waals surface area contributed by atoms with Gasteiger partial charge >= 0.3 is 0 Å². The Balaban J connectivity index is 2.45. The third-order valence-corrected chi connectivity index (χ3v) is 2.50. The van der Waals surface area contributed by atoms with Crippen molar-refractivity contribution >= 4 is 11.6 Å². The van der Waals surface area contributed by atoms with Crippen molar-refractivity contribution in [1.29, 1.82) is 0 Å². The van der Waals surface area contributed by atoms with Crippen LogP contribution in [0.15, 0.2) is 18.2 Å². The predicted molar refractivity (Wildman–Crippen MR) is 55.3 cm³/mol. The second kappa shape index (κ2) is 3.85. The standard InChI is InChI=1S/C12H12O3/c1-2-8-3-4-12-10(5-8)11(14)6-9(13)7-15-12/h3-5H,2,6-7H2,1H3.